The van der Waals surface area contributed by atoms with Gasteiger partial charge in [-0.05, 0) is 12.0 Å². The second-order valence-electron chi connectivity index (χ2n) is 1.93. The zero-order chi connectivity index (χ0) is 8.53. The Morgan fingerprint density at radius 2 is 2.00 bits per heavy atom. The predicted octanol–water partition coefficient (Wildman–Crippen LogP) is 3.09. The van der Waals surface area contributed by atoms with Crippen molar-refractivity contribution < 1.29 is 0 Å². The van der Waals surface area contributed by atoms with E-state index < -0.39 is 0 Å². The number of hydrogen-bond acceptors (Lipinski definition) is 4. The molecule has 0 aliphatic heterocycles. The summed E-state index contributed by atoms with van der Waals surface area (Å²) in [5.41, 5.74) is 0. The molecular formula is C7H16S4. The molecule has 0 radical (unpaired) electrons. The molecule has 0 saturated carbocycles. The van der Waals surface area contributed by atoms with E-state index in [-0.39, 0.29) is 0 Å². The Hall–Kier alpha value is 1.40. The summed E-state index contributed by atoms with van der Waals surface area (Å²) in [6.45, 7) is 2.20. The molecular weight excluding hydrogens is 212 g/mol. The largest absolute Gasteiger partial charge is 0.177 e. The molecule has 0 aliphatic carbocycles. The van der Waals surface area contributed by atoms with Crippen LogP contribution in [0.5, 0.6) is 0 Å². The summed E-state index contributed by atoms with van der Waals surface area (Å²) in [4.78, 5) is 0. The number of thiol groups is 1. The lowest BCUT2D eigenvalue weighted by Crippen LogP contribution is -2.01. The van der Waals surface area contributed by atoms with Crippen molar-refractivity contribution in [1.29, 1.82) is 0 Å². The summed E-state index contributed by atoms with van der Waals surface area (Å²) in [7, 11) is 0. The highest BCUT2D eigenvalue weighted by atomic mass is 32.2. The van der Waals surface area contributed by atoms with E-state index >= 15 is 0 Å². The highest BCUT2D eigenvalue weighted by Gasteiger charge is 2.04. The molecule has 0 N–H and O–H groups in total. The van der Waals surface area contributed by atoms with Crippen LogP contribution in [-0.2, 0) is 0 Å². The van der Waals surface area contributed by atoms with Gasteiger partial charge in [0.25, 0.3) is 0 Å². The number of rotatable bonds is 7. The first-order valence-electron chi connectivity index (χ1n) is 3.68. The van der Waals surface area contributed by atoms with E-state index in [0.717, 1.165) is 5.75 Å². The van der Waals surface area contributed by atoms with Crippen molar-refractivity contribution in [2.75, 3.05) is 29.3 Å². The zero-order valence-corrected chi connectivity index (χ0v) is 10.4. The van der Waals surface area contributed by atoms with Crippen LogP contribution in [0.15, 0.2) is 0 Å². The lowest BCUT2D eigenvalue weighted by atomic mass is 10.9. The van der Waals surface area contributed by atoms with Gasteiger partial charge in [-0.2, -0.15) is 24.4 Å². The van der Waals surface area contributed by atoms with Gasteiger partial charge < -0.3 is 0 Å². The molecule has 4 heteroatoms. The quantitative estimate of drug-likeness (QED) is 0.404. The van der Waals surface area contributed by atoms with Crippen LogP contribution in [0.2, 0.25) is 0 Å². The van der Waals surface area contributed by atoms with Crippen LogP contribution in [0.1, 0.15) is 6.92 Å². The molecule has 0 heterocycles. The van der Waals surface area contributed by atoms with E-state index in [9.17, 15) is 0 Å². The van der Waals surface area contributed by atoms with Crippen LogP contribution in [0.3, 0.4) is 0 Å². The van der Waals surface area contributed by atoms with Crippen LogP contribution >= 0.6 is 47.9 Å². The van der Waals surface area contributed by atoms with Gasteiger partial charge in [-0.15, -0.1) is 23.5 Å². The smallest absolute Gasteiger partial charge is 0.0590 e. The fourth-order valence-electron chi connectivity index (χ4n) is 0.602. The van der Waals surface area contributed by atoms with E-state index in [4.69, 9.17) is 0 Å². The van der Waals surface area contributed by atoms with Gasteiger partial charge in [0.05, 0.1) is 4.58 Å². The second-order valence-corrected chi connectivity index (χ2v) is 6.37. The fraction of sp³-hybridized carbons (Fsp3) is 1.00. The van der Waals surface area contributed by atoms with Crippen LogP contribution < -0.4 is 0 Å². The lowest BCUT2D eigenvalue weighted by Gasteiger charge is -2.11. The van der Waals surface area contributed by atoms with Crippen LogP contribution in [-0.4, -0.2) is 33.8 Å². The molecule has 0 aromatic rings. The predicted molar refractivity (Wildman–Crippen MR) is 66.6 cm³/mol. The minimum atomic E-state index is 0.704. The van der Waals surface area contributed by atoms with Gasteiger partial charge in [-0.25, -0.2) is 0 Å². The van der Waals surface area contributed by atoms with Crippen molar-refractivity contribution in [3.8, 4) is 0 Å². The summed E-state index contributed by atoms with van der Waals surface area (Å²) >= 11 is 10.3. The highest BCUT2D eigenvalue weighted by molar-refractivity contribution is 8.17. The van der Waals surface area contributed by atoms with Crippen LogP contribution in [0, 0.1) is 0 Å². The van der Waals surface area contributed by atoms with Gasteiger partial charge in [-0.3, -0.25) is 0 Å². The molecule has 0 aromatic carbocycles. The van der Waals surface area contributed by atoms with Gasteiger partial charge in [0.2, 0.25) is 0 Å². The molecule has 0 saturated heterocycles. The maximum atomic E-state index is 4.30. The Labute approximate surface area is 88.5 Å². The minimum Gasteiger partial charge on any atom is -0.177 e. The van der Waals surface area contributed by atoms with E-state index in [1.807, 2.05) is 35.3 Å². The molecule has 0 fully saturated rings. The molecule has 0 bridgehead atoms. The second kappa shape index (κ2) is 9.49. The molecule has 0 nitrogen and oxygen atoms in total. The third kappa shape index (κ3) is 7.75. The average Bonchev–Trinajstić information content (AvgIpc) is 2.03. The molecule has 0 amide bonds. The Morgan fingerprint density at radius 1 is 1.27 bits per heavy atom. The van der Waals surface area contributed by atoms with Gasteiger partial charge in [-0.1, -0.05) is 6.92 Å². The van der Waals surface area contributed by atoms with E-state index in [1.54, 1.807) is 0 Å². The third-order valence-corrected chi connectivity index (χ3v) is 5.49. The van der Waals surface area contributed by atoms with Crippen LogP contribution in [0.25, 0.3) is 0 Å². The van der Waals surface area contributed by atoms with Crippen molar-refractivity contribution in [2.45, 2.75) is 11.5 Å². The fourth-order valence-corrected chi connectivity index (χ4v) is 4.21. The average molecular weight is 228 g/mol. The van der Waals surface area contributed by atoms with Gasteiger partial charge in [0, 0.05) is 17.3 Å². The maximum absolute atomic E-state index is 4.30. The molecule has 1 atom stereocenters. The molecule has 0 spiro atoms. The first-order valence-corrected chi connectivity index (χ1v) is 7.80. The maximum Gasteiger partial charge on any atom is 0.0590 e. The summed E-state index contributed by atoms with van der Waals surface area (Å²) in [5, 5.41) is 0. The molecule has 0 aromatic heterocycles. The molecule has 0 aliphatic rings. The van der Waals surface area contributed by atoms with Gasteiger partial charge >= 0.3 is 0 Å². The first kappa shape index (κ1) is 12.4. The monoisotopic (exact) mass is 228 g/mol. The van der Waals surface area contributed by atoms with E-state index in [0.29, 0.717) is 4.58 Å². The molecule has 11 heavy (non-hydrogen) atoms. The Morgan fingerprint density at radius 3 is 2.45 bits per heavy atom. The standard InChI is InChI=1S/C7H16S4/c1-3-10-7(6-8)11-5-4-9-2/h7-8H,3-6H2,1-2H3. The summed E-state index contributed by atoms with van der Waals surface area (Å²) in [6, 6.07) is 0. The molecule has 0 rings (SSSR count). The van der Waals surface area contributed by atoms with Gasteiger partial charge in [0.15, 0.2) is 0 Å². The molecule has 1 unspecified atom stereocenters. The third-order valence-electron chi connectivity index (χ3n) is 1.09. The Kier molecular flexibility index (Phi) is 10.7. The van der Waals surface area contributed by atoms with Gasteiger partial charge in [0.1, 0.15) is 0 Å². The highest BCUT2D eigenvalue weighted by Crippen LogP contribution is 2.24. The Balaban J connectivity index is 3.20. The number of thioether (sulfide) groups is 3. The molecule has 68 valence electrons. The van der Waals surface area contributed by atoms with Crippen molar-refractivity contribution in [3.63, 3.8) is 0 Å². The van der Waals surface area contributed by atoms with E-state index in [2.05, 4.69) is 25.8 Å². The normalized spacial score (nSPS) is 13.4. The first-order chi connectivity index (χ1) is 5.35. The van der Waals surface area contributed by atoms with Crippen molar-refractivity contribution in [2.24, 2.45) is 0 Å². The van der Waals surface area contributed by atoms with Crippen molar-refractivity contribution in [3.05, 3.63) is 0 Å². The minimum absolute atomic E-state index is 0.704. The number of hydrogen-bond donors (Lipinski definition) is 1. The van der Waals surface area contributed by atoms with E-state index in [1.165, 1.54) is 17.3 Å². The topological polar surface area (TPSA) is 0 Å². The SMILES string of the molecule is CCSC(CS)SCCSC. The Bertz CT molecular complexity index is 76.8. The summed E-state index contributed by atoms with van der Waals surface area (Å²) < 4.78 is 0.704. The lowest BCUT2D eigenvalue weighted by molar-refractivity contribution is 1.40. The van der Waals surface area contributed by atoms with Crippen molar-refractivity contribution in [1.82, 2.24) is 0 Å². The summed E-state index contributed by atoms with van der Waals surface area (Å²) in [5.74, 6) is 4.73. The summed E-state index contributed by atoms with van der Waals surface area (Å²) in [6.07, 6.45) is 2.16. The van der Waals surface area contributed by atoms with Crippen molar-refractivity contribution >= 4 is 47.9 Å². The van der Waals surface area contributed by atoms with Crippen LogP contribution in [0.4, 0.5) is 0 Å². The zero-order valence-electron chi connectivity index (χ0n) is 7.08.